The molecule has 0 spiro atoms. The summed E-state index contributed by atoms with van der Waals surface area (Å²) in [6.07, 6.45) is 5.04. The van der Waals surface area contributed by atoms with E-state index in [2.05, 4.69) is 30.6 Å². The van der Waals surface area contributed by atoms with Gasteiger partial charge in [0.25, 0.3) is 0 Å². The molecule has 1 rings (SSSR count). The third-order valence-electron chi connectivity index (χ3n) is 1.65. The number of hydrogen-bond donors (Lipinski definition) is 0. The smallest absolute Gasteiger partial charge is 0.131 e. The molecule has 0 aliphatic heterocycles. The Balaban J connectivity index is 2.79. The molecule has 0 aliphatic carbocycles. The average Bonchev–Trinajstić information content (AvgIpc) is 2.50. The summed E-state index contributed by atoms with van der Waals surface area (Å²) in [5.41, 5.74) is 2.28. The molecule has 0 fully saturated rings. The van der Waals surface area contributed by atoms with Gasteiger partial charge in [-0.25, -0.2) is 0 Å². The maximum Gasteiger partial charge on any atom is 0.131 e. The fourth-order valence-corrected chi connectivity index (χ4v) is 2.05. The Morgan fingerprint density at radius 1 is 1.15 bits per heavy atom. The van der Waals surface area contributed by atoms with Gasteiger partial charge in [0, 0.05) is 17.9 Å². The van der Waals surface area contributed by atoms with Gasteiger partial charge in [-0.05, 0) is 12.5 Å². The predicted octanol–water partition coefficient (Wildman–Crippen LogP) is 0.595. The summed E-state index contributed by atoms with van der Waals surface area (Å²) >= 11 is 3.59. The van der Waals surface area contributed by atoms with Gasteiger partial charge in [0.1, 0.15) is 7.85 Å². The van der Waals surface area contributed by atoms with E-state index in [1.54, 1.807) is 28.3 Å². The molecule has 1 heterocycles. The molecule has 13 heavy (non-hydrogen) atoms. The van der Waals surface area contributed by atoms with Gasteiger partial charge < -0.3 is 0 Å². The molecule has 0 aromatic carbocycles. The van der Waals surface area contributed by atoms with Crippen LogP contribution in [0.5, 0.6) is 0 Å². The van der Waals surface area contributed by atoms with Crippen LogP contribution in [0.3, 0.4) is 0 Å². The first-order chi connectivity index (χ1) is 6.31. The summed E-state index contributed by atoms with van der Waals surface area (Å²) < 4.78 is 0. The van der Waals surface area contributed by atoms with Crippen molar-refractivity contribution in [2.24, 2.45) is 0 Å². The van der Waals surface area contributed by atoms with Crippen LogP contribution in [0.15, 0.2) is 0 Å². The van der Waals surface area contributed by atoms with E-state index in [1.165, 1.54) is 0 Å². The monoisotopic (exact) mass is 215 g/mol. The average molecular weight is 215 g/mol. The third kappa shape index (κ3) is 2.95. The Hall–Kier alpha value is -0.0951. The highest BCUT2D eigenvalue weighted by Gasteiger charge is 2.08. The second-order valence-electron chi connectivity index (χ2n) is 2.65. The molecule has 0 N–H and O–H groups in total. The van der Waals surface area contributed by atoms with Crippen LogP contribution in [-0.2, 0) is 17.9 Å². The molecule has 6 heteroatoms. The molecule has 0 atom stereocenters. The zero-order valence-corrected chi connectivity index (χ0v) is 9.91. The molecule has 0 saturated heterocycles. The van der Waals surface area contributed by atoms with Crippen molar-refractivity contribution in [3.05, 3.63) is 11.4 Å². The number of hydrogen-bond acceptors (Lipinski definition) is 4. The topological polar surface area (TPSA) is 30.7 Å². The molecule has 0 bridgehead atoms. The van der Waals surface area contributed by atoms with Crippen LogP contribution in [0.2, 0.25) is 0 Å². The SMILES string of the molecule is BCn1nc(CSC)c(CSC)n1. The van der Waals surface area contributed by atoms with Gasteiger partial charge in [-0.2, -0.15) is 38.5 Å². The van der Waals surface area contributed by atoms with Crippen molar-refractivity contribution in [3.63, 3.8) is 0 Å². The van der Waals surface area contributed by atoms with Gasteiger partial charge in [0.2, 0.25) is 0 Å². The lowest BCUT2D eigenvalue weighted by molar-refractivity contribution is 0.626. The summed E-state index contributed by atoms with van der Waals surface area (Å²) in [6, 6.07) is 0. The minimum absolute atomic E-state index is 0.857. The second-order valence-corrected chi connectivity index (χ2v) is 4.38. The van der Waals surface area contributed by atoms with Crippen molar-refractivity contribution in [2.75, 3.05) is 12.5 Å². The van der Waals surface area contributed by atoms with Gasteiger partial charge in [-0.15, -0.1) is 0 Å². The molecular weight excluding hydrogens is 201 g/mol. The van der Waals surface area contributed by atoms with Gasteiger partial charge in [0.15, 0.2) is 0 Å². The molecule has 1 aromatic heterocycles. The van der Waals surface area contributed by atoms with Crippen molar-refractivity contribution in [2.45, 2.75) is 17.9 Å². The fraction of sp³-hybridized carbons (Fsp3) is 0.714. The van der Waals surface area contributed by atoms with E-state index < -0.39 is 0 Å². The highest BCUT2D eigenvalue weighted by molar-refractivity contribution is 7.98. The fourth-order valence-electron chi connectivity index (χ4n) is 1.06. The Bertz CT molecular complexity index is 241. The zero-order valence-electron chi connectivity index (χ0n) is 8.28. The van der Waals surface area contributed by atoms with Gasteiger partial charge in [0.05, 0.1) is 11.4 Å². The zero-order chi connectivity index (χ0) is 9.68. The minimum atomic E-state index is 0.857. The van der Waals surface area contributed by atoms with Crippen molar-refractivity contribution in [1.29, 1.82) is 0 Å². The predicted molar refractivity (Wildman–Crippen MR) is 63.0 cm³/mol. The molecular formula is C7H14BN3S2. The minimum Gasteiger partial charge on any atom is -0.193 e. The van der Waals surface area contributed by atoms with E-state index in [0.717, 1.165) is 29.3 Å². The lowest BCUT2D eigenvalue weighted by atomic mass is 10.2. The molecule has 72 valence electrons. The molecule has 0 unspecified atom stereocenters. The molecule has 0 radical (unpaired) electrons. The van der Waals surface area contributed by atoms with E-state index in [4.69, 9.17) is 0 Å². The van der Waals surface area contributed by atoms with E-state index in [1.807, 2.05) is 0 Å². The lowest BCUT2D eigenvalue weighted by Crippen LogP contribution is -2.01. The summed E-state index contributed by atoms with van der Waals surface area (Å²) in [5, 5.41) is 8.82. The first-order valence-corrected chi connectivity index (χ1v) is 7.01. The van der Waals surface area contributed by atoms with Crippen LogP contribution < -0.4 is 0 Å². The van der Waals surface area contributed by atoms with Gasteiger partial charge in [-0.1, -0.05) is 0 Å². The second kappa shape index (κ2) is 5.60. The number of nitrogens with zero attached hydrogens (tertiary/aromatic N) is 3. The molecule has 0 amide bonds. The Morgan fingerprint density at radius 3 is 1.92 bits per heavy atom. The van der Waals surface area contributed by atoms with E-state index in [-0.39, 0.29) is 0 Å². The molecule has 3 nitrogen and oxygen atoms in total. The maximum atomic E-state index is 4.41. The van der Waals surface area contributed by atoms with Gasteiger partial charge >= 0.3 is 0 Å². The molecule has 0 aliphatic rings. The Labute approximate surface area is 88.4 Å². The number of thioether (sulfide) groups is 2. The molecule has 1 aromatic rings. The number of rotatable bonds is 5. The van der Waals surface area contributed by atoms with E-state index >= 15 is 0 Å². The van der Waals surface area contributed by atoms with Crippen molar-refractivity contribution >= 4 is 31.4 Å². The maximum absolute atomic E-state index is 4.41. The van der Waals surface area contributed by atoms with Crippen molar-refractivity contribution in [1.82, 2.24) is 15.0 Å². The lowest BCUT2D eigenvalue weighted by Gasteiger charge is -1.94. The Kier molecular flexibility index (Phi) is 4.73. The van der Waals surface area contributed by atoms with Crippen LogP contribution in [-0.4, -0.2) is 35.4 Å². The summed E-state index contributed by atoms with van der Waals surface area (Å²) in [7, 11) is 2.06. The van der Waals surface area contributed by atoms with Crippen LogP contribution in [0.1, 0.15) is 11.4 Å². The third-order valence-corrected chi connectivity index (χ3v) is 2.77. The number of aromatic nitrogens is 3. The van der Waals surface area contributed by atoms with Gasteiger partial charge in [-0.3, -0.25) is 0 Å². The summed E-state index contributed by atoms with van der Waals surface area (Å²) in [5.74, 6) is 1.94. The van der Waals surface area contributed by atoms with Crippen molar-refractivity contribution < 1.29 is 0 Å². The summed E-state index contributed by atoms with van der Waals surface area (Å²) in [6.45, 7) is 0. The normalized spacial score (nSPS) is 10.6. The van der Waals surface area contributed by atoms with Crippen LogP contribution in [0, 0.1) is 0 Å². The standard InChI is InChI=1S/C7H14BN3S2/c1-12-3-6-7(4-13-2)10-11(5-8)9-6/h3-5,8H2,1-2H3. The van der Waals surface area contributed by atoms with Crippen LogP contribution >= 0.6 is 23.5 Å². The highest BCUT2D eigenvalue weighted by Crippen LogP contribution is 2.14. The van der Waals surface area contributed by atoms with Crippen molar-refractivity contribution in [3.8, 4) is 0 Å². The van der Waals surface area contributed by atoms with Crippen LogP contribution in [0.25, 0.3) is 0 Å². The highest BCUT2D eigenvalue weighted by atomic mass is 32.2. The van der Waals surface area contributed by atoms with E-state index in [9.17, 15) is 0 Å². The largest absolute Gasteiger partial charge is 0.193 e. The summed E-state index contributed by atoms with van der Waals surface area (Å²) in [4.78, 5) is 1.77. The van der Waals surface area contributed by atoms with E-state index in [0.29, 0.717) is 0 Å². The molecule has 0 saturated carbocycles. The quantitative estimate of drug-likeness (QED) is 0.673. The van der Waals surface area contributed by atoms with Crippen LogP contribution in [0.4, 0.5) is 0 Å². The Morgan fingerprint density at radius 2 is 1.62 bits per heavy atom. The first-order valence-electron chi connectivity index (χ1n) is 4.22. The first kappa shape index (κ1) is 11.0.